The van der Waals surface area contributed by atoms with Crippen molar-refractivity contribution in [1.82, 2.24) is 0 Å². The van der Waals surface area contributed by atoms with Gasteiger partial charge in [0, 0.05) is 0 Å². The molecule has 4 saturated carbocycles. The molecule has 4 heteroatoms. The monoisotopic (exact) mass is 350 g/mol. The Morgan fingerprint density at radius 2 is 1.64 bits per heavy atom. The van der Waals surface area contributed by atoms with Crippen molar-refractivity contribution in [3.8, 4) is 0 Å². The molecule has 4 fully saturated rings. The maximum atomic E-state index is 11.1. The van der Waals surface area contributed by atoms with Gasteiger partial charge in [0.15, 0.2) is 0 Å². The minimum absolute atomic E-state index is 0.0925. The Balaban J connectivity index is 1.73. The highest BCUT2D eigenvalue weighted by Gasteiger charge is 2.64. The standard InChI is InChI=1S/C21H34O4/c1-4-11-5-6-12-17-13(7-8-20(11,12)2)21(3)10-16(23)15(22)9-14(21)18(24)19(17)25/h4,12-19,22-25H,5-10H2,1-3H3/t12?,13?,14?,15-,16-,17?,18-,19-,20-,21-/m1/s1. The van der Waals surface area contributed by atoms with Gasteiger partial charge in [0.25, 0.3) is 0 Å². The van der Waals surface area contributed by atoms with Crippen molar-refractivity contribution < 1.29 is 20.4 Å². The van der Waals surface area contributed by atoms with Gasteiger partial charge in [0.05, 0.1) is 24.4 Å². The summed E-state index contributed by atoms with van der Waals surface area (Å²) < 4.78 is 0. The van der Waals surface area contributed by atoms with E-state index in [2.05, 4.69) is 26.8 Å². The summed E-state index contributed by atoms with van der Waals surface area (Å²) in [6.07, 6.45) is 4.52. The van der Waals surface area contributed by atoms with Gasteiger partial charge < -0.3 is 20.4 Å². The summed E-state index contributed by atoms with van der Waals surface area (Å²) in [5.41, 5.74) is 1.46. The van der Waals surface area contributed by atoms with E-state index in [4.69, 9.17) is 0 Å². The fourth-order valence-corrected chi connectivity index (χ4v) is 7.61. The molecule has 0 spiro atoms. The number of hydrogen-bond donors (Lipinski definition) is 4. The molecule has 4 aliphatic carbocycles. The molecule has 0 saturated heterocycles. The van der Waals surface area contributed by atoms with Crippen LogP contribution in [0.25, 0.3) is 0 Å². The van der Waals surface area contributed by atoms with E-state index in [9.17, 15) is 20.4 Å². The average Bonchev–Trinajstić information content (AvgIpc) is 2.91. The Hall–Kier alpha value is -0.420. The molecule has 0 aromatic rings. The summed E-state index contributed by atoms with van der Waals surface area (Å²) >= 11 is 0. The molecule has 0 bridgehead atoms. The average molecular weight is 350 g/mol. The number of aliphatic hydroxyl groups is 4. The lowest BCUT2D eigenvalue weighted by Crippen LogP contribution is -2.65. The molecular formula is C21H34O4. The topological polar surface area (TPSA) is 80.9 Å². The second-order valence-electron chi connectivity index (χ2n) is 9.77. The lowest BCUT2D eigenvalue weighted by atomic mass is 9.43. The quantitative estimate of drug-likeness (QED) is 0.505. The first-order valence-electron chi connectivity index (χ1n) is 10.1. The molecule has 4 aliphatic rings. The summed E-state index contributed by atoms with van der Waals surface area (Å²) in [5.74, 6) is 0.681. The molecule has 4 unspecified atom stereocenters. The molecule has 4 N–H and O–H groups in total. The van der Waals surface area contributed by atoms with E-state index < -0.39 is 24.4 Å². The summed E-state index contributed by atoms with van der Waals surface area (Å²) in [6, 6.07) is 0. The van der Waals surface area contributed by atoms with Gasteiger partial charge in [-0.05, 0) is 80.0 Å². The van der Waals surface area contributed by atoms with Crippen LogP contribution in [0.4, 0.5) is 0 Å². The Morgan fingerprint density at radius 3 is 2.32 bits per heavy atom. The van der Waals surface area contributed by atoms with Crippen LogP contribution in [0, 0.1) is 34.5 Å². The molecule has 142 valence electrons. The first kappa shape index (κ1) is 18.0. The van der Waals surface area contributed by atoms with Crippen molar-refractivity contribution in [2.24, 2.45) is 34.5 Å². The zero-order chi connectivity index (χ0) is 18.1. The Morgan fingerprint density at radius 1 is 0.920 bits per heavy atom. The highest BCUT2D eigenvalue weighted by Crippen LogP contribution is 2.67. The van der Waals surface area contributed by atoms with Gasteiger partial charge in [-0.2, -0.15) is 0 Å². The van der Waals surface area contributed by atoms with Crippen LogP contribution in [0.5, 0.6) is 0 Å². The molecule has 25 heavy (non-hydrogen) atoms. The highest BCUT2D eigenvalue weighted by atomic mass is 16.3. The van der Waals surface area contributed by atoms with Crippen molar-refractivity contribution in [1.29, 1.82) is 0 Å². The molecule has 0 amide bonds. The van der Waals surface area contributed by atoms with E-state index in [-0.39, 0.29) is 22.7 Å². The molecular weight excluding hydrogens is 316 g/mol. The highest BCUT2D eigenvalue weighted by molar-refractivity contribution is 5.25. The van der Waals surface area contributed by atoms with E-state index in [1.807, 2.05) is 0 Å². The fraction of sp³-hybridized carbons (Fsp3) is 0.905. The summed E-state index contributed by atoms with van der Waals surface area (Å²) in [6.45, 7) is 6.66. The molecule has 0 aromatic heterocycles. The minimum Gasteiger partial charge on any atom is -0.390 e. The fourth-order valence-electron chi connectivity index (χ4n) is 7.61. The second-order valence-corrected chi connectivity index (χ2v) is 9.77. The first-order valence-corrected chi connectivity index (χ1v) is 10.1. The van der Waals surface area contributed by atoms with E-state index >= 15 is 0 Å². The summed E-state index contributed by atoms with van der Waals surface area (Å²) in [7, 11) is 0. The van der Waals surface area contributed by atoms with Crippen LogP contribution >= 0.6 is 0 Å². The molecule has 4 rings (SSSR count). The second kappa shape index (κ2) is 5.79. The summed E-state index contributed by atoms with van der Waals surface area (Å²) in [4.78, 5) is 0. The molecule has 0 aromatic carbocycles. The maximum Gasteiger partial charge on any atom is 0.0836 e. The molecule has 0 radical (unpaired) electrons. The number of allylic oxidation sites excluding steroid dienone is 2. The molecule has 10 atom stereocenters. The zero-order valence-corrected chi connectivity index (χ0v) is 15.7. The zero-order valence-electron chi connectivity index (χ0n) is 15.7. The van der Waals surface area contributed by atoms with Gasteiger partial charge in [-0.15, -0.1) is 0 Å². The van der Waals surface area contributed by atoms with Gasteiger partial charge in [-0.1, -0.05) is 25.5 Å². The van der Waals surface area contributed by atoms with Gasteiger partial charge in [0.2, 0.25) is 0 Å². The van der Waals surface area contributed by atoms with Crippen LogP contribution in [0.15, 0.2) is 11.6 Å². The lowest BCUT2D eigenvalue weighted by molar-refractivity contribution is -0.232. The van der Waals surface area contributed by atoms with Crippen molar-refractivity contribution >= 4 is 0 Å². The van der Waals surface area contributed by atoms with Crippen LogP contribution in [-0.4, -0.2) is 44.8 Å². The van der Waals surface area contributed by atoms with E-state index in [1.165, 1.54) is 5.57 Å². The minimum atomic E-state index is -0.801. The third-order valence-corrected chi connectivity index (χ3v) is 8.97. The van der Waals surface area contributed by atoms with Crippen LogP contribution in [0.3, 0.4) is 0 Å². The Kier molecular flexibility index (Phi) is 4.16. The predicted octanol–water partition coefficient (Wildman–Crippen LogP) is 2.25. The van der Waals surface area contributed by atoms with Gasteiger partial charge in [-0.3, -0.25) is 0 Å². The van der Waals surface area contributed by atoms with E-state index in [0.29, 0.717) is 24.7 Å². The van der Waals surface area contributed by atoms with E-state index in [0.717, 1.165) is 25.7 Å². The predicted molar refractivity (Wildman–Crippen MR) is 95.7 cm³/mol. The van der Waals surface area contributed by atoms with Crippen molar-refractivity contribution in [2.45, 2.75) is 83.7 Å². The van der Waals surface area contributed by atoms with Crippen molar-refractivity contribution in [3.63, 3.8) is 0 Å². The van der Waals surface area contributed by atoms with Crippen LogP contribution < -0.4 is 0 Å². The maximum absolute atomic E-state index is 11.1. The first-order chi connectivity index (χ1) is 11.7. The van der Waals surface area contributed by atoms with Gasteiger partial charge >= 0.3 is 0 Å². The van der Waals surface area contributed by atoms with Crippen LogP contribution in [-0.2, 0) is 0 Å². The summed E-state index contributed by atoms with van der Waals surface area (Å²) in [5, 5.41) is 42.5. The third-order valence-electron chi connectivity index (χ3n) is 8.97. The Labute approximate surface area is 151 Å². The molecule has 0 heterocycles. The largest absolute Gasteiger partial charge is 0.390 e. The number of hydrogen-bond acceptors (Lipinski definition) is 4. The SMILES string of the molecule is CC=C1CCC2C3C(CC[C@]12C)[C@@]1(C)C[C@@H](O)[C@H](O)CC1[C@@H](O)[C@@H]3O. The number of fused-ring (bicyclic) bond motifs is 5. The Bertz CT molecular complexity index is 574. The van der Waals surface area contributed by atoms with Crippen LogP contribution in [0.2, 0.25) is 0 Å². The third kappa shape index (κ3) is 2.27. The number of rotatable bonds is 0. The smallest absolute Gasteiger partial charge is 0.0836 e. The number of aliphatic hydroxyl groups excluding tert-OH is 4. The lowest BCUT2D eigenvalue weighted by Gasteiger charge is -2.63. The van der Waals surface area contributed by atoms with E-state index in [1.54, 1.807) is 0 Å². The van der Waals surface area contributed by atoms with Crippen LogP contribution in [0.1, 0.15) is 59.3 Å². The molecule has 0 aliphatic heterocycles. The van der Waals surface area contributed by atoms with Gasteiger partial charge in [-0.25, -0.2) is 0 Å². The normalized spacial score (nSPS) is 60.0. The molecule has 4 nitrogen and oxygen atoms in total. The van der Waals surface area contributed by atoms with Gasteiger partial charge in [0.1, 0.15) is 0 Å². The van der Waals surface area contributed by atoms with Crippen molar-refractivity contribution in [3.05, 3.63) is 11.6 Å². The van der Waals surface area contributed by atoms with Crippen molar-refractivity contribution in [2.75, 3.05) is 0 Å².